The summed E-state index contributed by atoms with van der Waals surface area (Å²) in [7, 11) is 0. The van der Waals surface area contributed by atoms with Gasteiger partial charge in [0.25, 0.3) is 0 Å². The van der Waals surface area contributed by atoms with Crippen LogP contribution in [0.15, 0.2) is 22.8 Å². The second kappa shape index (κ2) is 3.26. The fourth-order valence-electron chi connectivity index (χ4n) is 1.16. The molecule has 0 saturated carbocycles. The Bertz CT molecular complexity index is 377. The van der Waals surface area contributed by atoms with Gasteiger partial charge in [0, 0.05) is 12.1 Å². The summed E-state index contributed by atoms with van der Waals surface area (Å²) in [5.74, 6) is 0.558. The van der Waals surface area contributed by atoms with Gasteiger partial charge in [-0.3, -0.25) is 5.10 Å². The summed E-state index contributed by atoms with van der Waals surface area (Å²) < 4.78 is 0.824. The van der Waals surface area contributed by atoms with Crippen LogP contribution in [0.5, 0.6) is 0 Å². The standard InChI is InChI=1S/C8H9BrN4/c9-6-7(12-13-8(6)10)5-1-3-11-4-2-5/h1-3,11H,4H2,(H3,10,12,13). The maximum atomic E-state index is 5.62. The van der Waals surface area contributed by atoms with Crippen LogP contribution >= 0.6 is 15.9 Å². The van der Waals surface area contributed by atoms with Crippen molar-refractivity contribution in [2.75, 3.05) is 12.3 Å². The second-order valence-electron chi connectivity index (χ2n) is 2.70. The molecule has 1 aromatic rings. The topological polar surface area (TPSA) is 66.7 Å². The van der Waals surface area contributed by atoms with Gasteiger partial charge in [-0.25, -0.2) is 0 Å². The summed E-state index contributed by atoms with van der Waals surface area (Å²) in [5, 5.41) is 9.88. The average Bonchev–Trinajstić information content (AvgIpc) is 2.49. The van der Waals surface area contributed by atoms with E-state index in [1.807, 2.05) is 12.3 Å². The van der Waals surface area contributed by atoms with Crippen molar-refractivity contribution < 1.29 is 0 Å². The molecule has 0 unspecified atom stereocenters. The molecule has 0 amide bonds. The van der Waals surface area contributed by atoms with Crippen molar-refractivity contribution in [1.29, 1.82) is 0 Å². The quantitative estimate of drug-likeness (QED) is 0.693. The lowest BCUT2D eigenvalue weighted by Crippen LogP contribution is -2.08. The highest BCUT2D eigenvalue weighted by Gasteiger charge is 2.11. The van der Waals surface area contributed by atoms with Crippen LogP contribution in [-0.4, -0.2) is 16.7 Å². The number of hydrogen-bond acceptors (Lipinski definition) is 3. The minimum Gasteiger partial charge on any atom is -0.387 e. The smallest absolute Gasteiger partial charge is 0.134 e. The molecular weight excluding hydrogens is 232 g/mol. The van der Waals surface area contributed by atoms with Gasteiger partial charge in [-0.2, -0.15) is 5.10 Å². The molecule has 5 heteroatoms. The van der Waals surface area contributed by atoms with Crippen molar-refractivity contribution in [1.82, 2.24) is 15.5 Å². The lowest BCUT2D eigenvalue weighted by Gasteiger charge is -2.05. The van der Waals surface area contributed by atoms with Gasteiger partial charge < -0.3 is 11.1 Å². The van der Waals surface area contributed by atoms with Gasteiger partial charge >= 0.3 is 0 Å². The van der Waals surface area contributed by atoms with Crippen LogP contribution in [0.4, 0.5) is 5.82 Å². The van der Waals surface area contributed by atoms with Crippen molar-refractivity contribution in [2.24, 2.45) is 0 Å². The van der Waals surface area contributed by atoms with Crippen molar-refractivity contribution >= 4 is 27.3 Å². The number of nitrogens with zero attached hydrogens (tertiary/aromatic N) is 1. The number of aromatic nitrogens is 2. The van der Waals surface area contributed by atoms with E-state index >= 15 is 0 Å². The molecule has 2 heterocycles. The van der Waals surface area contributed by atoms with E-state index in [0.717, 1.165) is 22.3 Å². The highest BCUT2D eigenvalue weighted by atomic mass is 79.9. The zero-order chi connectivity index (χ0) is 9.26. The molecule has 0 aliphatic carbocycles. The summed E-state index contributed by atoms with van der Waals surface area (Å²) in [4.78, 5) is 0. The minimum absolute atomic E-state index is 0.558. The number of rotatable bonds is 1. The SMILES string of the molecule is Nc1[nH]nc(C2=CCNC=C2)c1Br. The number of dihydropyridines is 1. The van der Waals surface area contributed by atoms with E-state index in [1.54, 1.807) is 0 Å². The first kappa shape index (κ1) is 8.37. The molecule has 0 saturated heterocycles. The number of halogens is 1. The van der Waals surface area contributed by atoms with Crippen LogP contribution in [0.1, 0.15) is 5.69 Å². The molecule has 0 bridgehead atoms. The van der Waals surface area contributed by atoms with Crippen molar-refractivity contribution in [2.45, 2.75) is 0 Å². The number of aromatic amines is 1. The number of anilines is 1. The molecule has 0 radical (unpaired) electrons. The van der Waals surface area contributed by atoms with Gasteiger partial charge in [0.05, 0.1) is 4.47 Å². The van der Waals surface area contributed by atoms with Crippen molar-refractivity contribution in [3.8, 4) is 0 Å². The average molecular weight is 241 g/mol. The Hall–Kier alpha value is -1.23. The maximum absolute atomic E-state index is 5.62. The molecule has 0 atom stereocenters. The van der Waals surface area contributed by atoms with E-state index in [9.17, 15) is 0 Å². The van der Waals surface area contributed by atoms with Crippen LogP contribution < -0.4 is 11.1 Å². The summed E-state index contributed by atoms with van der Waals surface area (Å²) in [6.07, 6.45) is 5.91. The number of hydrogen-bond donors (Lipinski definition) is 3. The monoisotopic (exact) mass is 240 g/mol. The largest absolute Gasteiger partial charge is 0.387 e. The number of nitrogens with one attached hydrogen (secondary N) is 2. The van der Waals surface area contributed by atoms with Crippen LogP contribution in [0.25, 0.3) is 5.57 Å². The summed E-state index contributed by atoms with van der Waals surface area (Å²) in [6.45, 7) is 0.824. The zero-order valence-corrected chi connectivity index (χ0v) is 8.43. The van der Waals surface area contributed by atoms with Crippen molar-refractivity contribution in [3.63, 3.8) is 0 Å². The molecule has 68 valence electrons. The number of H-pyrrole nitrogens is 1. The molecular formula is C8H9BrN4. The lowest BCUT2D eigenvalue weighted by atomic mass is 10.1. The maximum Gasteiger partial charge on any atom is 0.134 e. The normalized spacial score (nSPS) is 15.3. The summed E-state index contributed by atoms with van der Waals surface area (Å²) in [6, 6.07) is 0. The van der Waals surface area contributed by atoms with Crippen molar-refractivity contribution in [3.05, 3.63) is 28.5 Å². The number of nitrogen functional groups attached to an aromatic ring is 1. The predicted octanol–water partition coefficient (Wildman–Crippen LogP) is 1.25. The Morgan fingerprint density at radius 3 is 2.92 bits per heavy atom. The molecule has 4 N–H and O–H groups in total. The molecule has 1 aliphatic rings. The first-order valence-corrected chi connectivity index (χ1v) is 4.68. The Kier molecular flexibility index (Phi) is 2.10. The van der Waals surface area contributed by atoms with E-state index in [1.165, 1.54) is 0 Å². The highest BCUT2D eigenvalue weighted by molar-refractivity contribution is 9.10. The molecule has 0 fully saturated rings. The Labute approximate surface area is 84.0 Å². The van der Waals surface area contributed by atoms with Gasteiger partial charge in [-0.05, 0) is 28.2 Å². The fourth-order valence-corrected chi connectivity index (χ4v) is 1.57. The molecule has 1 aliphatic heterocycles. The van der Waals surface area contributed by atoms with Crippen LogP contribution in [0.2, 0.25) is 0 Å². The minimum atomic E-state index is 0.558. The molecule has 0 spiro atoms. The van der Waals surface area contributed by atoms with Crippen LogP contribution in [-0.2, 0) is 0 Å². The van der Waals surface area contributed by atoms with E-state index in [0.29, 0.717) is 5.82 Å². The molecule has 4 nitrogen and oxygen atoms in total. The summed E-state index contributed by atoms with van der Waals surface area (Å²) >= 11 is 3.37. The zero-order valence-electron chi connectivity index (χ0n) is 6.84. The van der Waals surface area contributed by atoms with E-state index in [2.05, 4.69) is 37.5 Å². The van der Waals surface area contributed by atoms with Gasteiger partial charge in [-0.15, -0.1) is 0 Å². The second-order valence-corrected chi connectivity index (χ2v) is 3.49. The highest BCUT2D eigenvalue weighted by Crippen LogP contribution is 2.27. The first-order chi connectivity index (χ1) is 6.29. The number of nitrogens with two attached hydrogens (primary N) is 1. The Morgan fingerprint density at radius 2 is 2.38 bits per heavy atom. The van der Waals surface area contributed by atoms with Gasteiger partial charge in [0.2, 0.25) is 0 Å². The Morgan fingerprint density at radius 1 is 1.54 bits per heavy atom. The molecule has 1 aromatic heterocycles. The number of allylic oxidation sites excluding steroid dienone is 2. The third kappa shape index (κ3) is 1.47. The van der Waals surface area contributed by atoms with Crippen LogP contribution in [0.3, 0.4) is 0 Å². The van der Waals surface area contributed by atoms with Gasteiger partial charge in [0.15, 0.2) is 0 Å². The molecule has 0 aromatic carbocycles. The lowest BCUT2D eigenvalue weighted by molar-refractivity contribution is 0.971. The van der Waals surface area contributed by atoms with Gasteiger partial charge in [0.1, 0.15) is 11.5 Å². The third-order valence-electron chi connectivity index (χ3n) is 1.83. The van der Waals surface area contributed by atoms with Gasteiger partial charge in [-0.1, -0.05) is 6.08 Å². The van der Waals surface area contributed by atoms with E-state index in [-0.39, 0.29) is 0 Å². The van der Waals surface area contributed by atoms with E-state index < -0.39 is 0 Å². The predicted molar refractivity (Wildman–Crippen MR) is 55.8 cm³/mol. The summed E-state index contributed by atoms with van der Waals surface area (Å²) in [5.41, 5.74) is 7.54. The molecule has 13 heavy (non-hydrogen) atoms. The van der Waals surface area contributed by atoms with E-state index in [4.69, 9.17) is 5.73 Å². The first-order valence-electron chi connectivity index (χ1n) is 3.89. The Balaban J connectivity index is 2.40. The van der Waals surface area contributed by atoms with Crippen LogP contribution in [0, 0.1) is 0 Å². The fraction of sp³-hybridized carbons (Fsp3) is 0.125. The third-order valence-corrected chi connectivity index (χ3v) is 2.63. The molecule has 2 rings (SSSR count).